The number of piperidine rings is 1. The van der Waals surface area contributed by atoms with E-state index in [-0.39, 0.29) is 30.0 Å². The number of anilines is 3. The zero-order valence-corrected chi connectivity index (χ0v) is 33.0. The zero-order valence-electron chi connectivity index (χ0n) is 32.2. The van der Waals surface area contributed by atoms with Gasteiger partial charge in [0.1, 0.15) is 16.7 Å². The molecular weight excluding hydrogens is 741 g/mol. The molecule has 6 aromatic rings. The van der Waals surface area contributed by atoms with Gasteiger partial charge >= 0.3 is 5.69 Å². The number of nitrogens with one attached hydrogen (secondary N) is 2. The molecule has 0 saturated carbocycles. The van der Waals surface area contributed by atoms with Crippen LogP contribution in [-0.4, -0.2) is 107 Å². The van der Waals surface area contributed by atoms with Gasteiger partial charge in [-0.25, -0.2) is 14.8 Å². The van der Waals surface area contributed by atoms with Crippen LogP contribution in [0.4, 0.5) is 17.2 Å². The highest BCUT2D eigenvalue weighted by Gasteiger charge is 2.34. The molecule has 8 heterocycles. The van der Waals surface area contributed by atoms with Crippen LogP contribution in [0.5, 0.6) is 0 Å². The number of benzene rings is 2. The number of piperazine rings is 1. The third-order valence-electron chi connectivity index (χ3n) is 12.2. The lowest BCUT2D eigenvalue weighted by atomic mass is 9.98. The van der Waals surface area contributed by atoms with Gasteiger partial charge in [-0.1, -0.05) is 0 Å². The van der Waals surface area contributed by atoms with Crippen molar-refractivity contribution in [3.63, 3.8) is 0 Å². The summed E-state index contributed by atoms with van der Waals surface area (Å²) in [4.78, 5) is 70.6. The first-order chi connectivity index (χ1) is 27.6. The number of fused-ring (bicyclic) bond motifs is 6. The fraction of sp³-hybridized carbons (Fsp3) is 0.381. The van der Waals surface area contributed by atoms with E-state index in [0.29, 0.717) is 17.9 Å². The summed E-state index contributed by atoms with van der Waals surface area (Å²) >= 11 is 1.54. The number of rotatable bonds is 6. The summed E-state index contributed by atoms with van der Waals surface area (Å²) in [5, 5.41) is 7.63. The van der Waals surface area contributed by atoms with Crippen molar-refractivity contribution in [2.24, 2.45) is 13.0 Å². The topological polar surface area (TPSA) is 141 Å². The van der Waals surface area contributed by atoms with E-state index >= 15 is 0 Å². The number of aromatic nitrogens is 4. The predicted molar refractivity (Wildman–Crippen MR) is 224 cm³/mol. The Bertz CT molecular complexity index is 2670. The van der Waals surface area contributed by atoms with Crippen LogP contribution in [0.2, 0.25) is 0 Å². The number of carbonyl (C=O) groups is 3. The van der Waals surface area contributed by atoms with Gasteiger partial charge in [0.15, 0.2) is 0 Å². The Morgan fingerprint density at radius 1 is 0.877 bits per heavy atom. The average molecular weight is 785 g/mol. The molecule has 2 atom stereocenters. The van der Waals surface area contributed by atoms with Gasteiger partial charge in [0, 0.05) is 118 Å². The first-order valence-electron chi connectivity index (χ1n) is 19.7. The van der Waals surface area contributed by atoms with Crippen LogP contribution in [0.1, 0.15) is 35.5 Å². The van der Waals surface area contributed by atoms with Crippen LogP contribution in [0.25, 0.3) is 43.3 Å². The maximum atomic E-state index is 13.2. The van der Waals surface area contributed by atoms with Crippen LogP contribution in [0.3, 0.4) is 0 Å². The van der Waals surface area contributed by atoms with Crippen molar-refractivity contribution in [3.05, 3.63) is 76.2 Å². The maximum absolute atomic E-state index is 13.2. The molecule has 4 aliphatic heterocycles. The molecule has 3 fully saturated rings. The highest BCUT2D eigenvalue weighted by molar-refractivity contribution is 7.21. The molecule has 0 radical (unpaired) electrons. The predicted octanol–water partition coefficient (Wildman–Crippen LogP) is 3.97. The molecule has 4 aliphatic rings. The lowest BCUT2D eigenvalue weighted by Crippen LogP contribution is -2.55. The number of imide groups is 1. The van der Waals surface area contributed by atoms with E-state index in [0.717, 1.165) is 112 Å². The van der Waals surface area contributed by atoms with Crippen molar-refractivity contribution >= 4 is 78.3 Å². The van der Waals surface area contributed by atoms with Crippen molar-refractivity contribution in [2.45, 2.75) is 31.8 Å². The molecule has 2 aromatic carbocycles. The molecule has 3 amide bonds. The second-order valence-corrected chi connectivity index (χ2v) is 17.1. The Morgan fingerprint density at radius 2 is 1.70 bits per heavy atom. The van der Waals surface area contributed by atoms with Crippen molar-refractivity contribution < 1.29 is 14.4 Å². The van der Waals surface area contributed by atoms with Crippen molar-refractivity contribution in [3.8, 4) is 11.3 Å². The van der Waals surface area contributed by atoms with Gasteiger partial charge in [0.25, 0.3) is 5.91 Å². The number of likely N-dealkylation sites (N-methyl/N-ethyl adjacent to an activating group) is 1. The van der Waals surface area contributed by atoms with Gasteiger partial charge in [-0.3, -0.25) is 33.7 Å². The molecule has 0 spiro atoms. The summed E-state index contributed by atoms with van der Waals surface area (Å²) in [5.41, 5.74) is 6.04. The van der Waals surface area contributed by atoms with Gasteiger partial charge in [0.2, 0.25) is 11.8 Å². The van der Waals surface area contributed by atoms with Crippen molar-refractivity contribution in [2.75, 3.05) is 74.1 Å². The normalized spacial score (nSPS) is 20.9. The van der Waals surface area contributed by atoms with Gasteiger partial charge in [-0.15, -0.1) is 11.3 Å². The summed E-state index contributed by atoms with van der Waals surface area (Å²) in [5.74, 6) is 0.812. The van der Waals surface area contributed by atoms with E-state index in [1.54, 1.807) is 23.0 Å². The Labute approximate surface area is 332 Å². The molecule has 2 N–H and O–H groups in total. The number of nitrogens with zero attached hydrogens (tertiary/aromatic N) is 8. The molecule has 0 aliphatic carbocycles. The van der Waals surface area contributed by atoms with Gasteiger partial charge in [-0.2, -0.15) is 0 Å². The fourth-order valence-corrected chi connectivity index (χ4v) is 10.4. The highest BCUT2D eigenvalue weighted by Crippen LogP contribution is 2.43. The molecule has 0 bridgehead atoms. The number of imidazole rings is 1. The Balaban J connectivity index is 0.758. The van der Waals surface area contributed by atoms with E-state index in [4.69, 9.17) is 9.97 Å². The van der Waals surface area contributed by atoms with Gasteiger partial charge in [0.05, 0.1) is 27.9 Å². The number of thiophene rings is 1. The minimum atomic E-state index is -0.684. The molecule has 3 saturated heterocycles. The molecule has 292 valence electrons. The minimum Gasteiger partial charge on any atom is -0.371 e. The van der Waals surface area contributed by atoms with Gasteiger partial charge in [-0.05, 0) is 67.9 Å². The maximum Gasteiger partial charge on any atom is 0.329 e. The van der Waals surface area contributed by atoms with Crippen LogP contribution in [-0.2, 0) is 16.6 Å². The minimum absolute atomic E-state index is 0.0102. The summed E-state index contributed by atoms with van der Waals surface area (Å²) in [6.07, 6.45) is 2.47. The first kappa shape index (κ1) is 35.6. The molecular formula is C42H44N10O4S. The van der Waals surface area contributed by atoms with Crippen LogP contribution in [0, 0.1) is 5.92 Å². The number of hydrogen-bond acceptors (Lipinski definition) is 11. The Kier molecular flexibility index (Phi) is 8.55. The lowest BCUT2D eigenvalue weighted by Gasteiger charge is -2.45. The number of amides is 3. The zero-order chi connectivity index (χ0) is 39.1. The molecule has 15 heteroatoms. The third-order valence-corrected chi connectivity index (χ3v) is 13.3. The molecule has 10 rings (SSSR count). The standard InChI is InChI=1S/C42H44N10O4S/c1-24-20-47(2)38-37-28-6-7-29(45-30(28)8-11-34(37)57-39(38)41(55)44-24)26-4-12-35(43-19-26)50-16-14-49(15-17-50)21-25-22-51(23-25)27-5-9-31-33(18-27)48(3)42(56)52(31)32-10-13-36(53)46-40(32)54/h4-9,11-12,18-19,24-25,32H,10,13-17,20-23H2,1-3H3,(H,44,55)(H,46,53,54)/t24-,32?/m1/s1. The number of hydrogen-bond donors (Lipinski definition) is 2. The van der Waals surface area contributed by atoms with Crippen LogP contribution < -0.4 is 31.0 Å². The van der Waals surface area contributed by atoms with E-state index in [1.165, 1.54) is 4.57 Å². The summed E-state index contributed by atoms with van der Waals surface area (Å²) in [7, 11) is 3.79. The van der Waals surface area contributed by atoms with Crippen LogP contribution >= 0.6 is 11.3 Å². The summed E-state index contributed by atoms with van der Waals surface area (Å²) < 4.78 is 4.21. The number of pyridine rings is 2. The third kappa shape index (κ3) is 6.11. The molecule has 1 unspecified atom stereocenters. The monoisotopic (exact) mass is 784 g/mol. The molecule has 4 aromatic heterocycles. The number of aryl methyl sites for hydroxylation is 1. The average Bonchev–Trinajstić information content (AvgIpc) is 3.68. The summed E-state index contributed by atoms with van der Waals surface area (Å²) in [6.45, 7) is 9.51. The second-order valence-electron chi connectivity index (χ2n) is 16.1. The second kappa shape index (κ2) is 13.7. The van der Waals surface area contributed by atoms with E-state index < -0.39 is 11.9 Å². The SMILES string of the molecule is C[C@@H]1CN(C)c2c(sc3ccc4nc(-c5ccc(N6CCN(CC7CN(c8ccc9c(c8)n(C)c(=O)n9C8CCC(=O)NC8=O)C7)CC6)nc5)ccc4c23)C(=O)N1. The number of carbonyl (C=O) groups excluding carboxylic acids is 3. The van der Waals surface area contributed by atoms with E-state index in [1.807, 2.05) is 31.3 Å². The van der Waals surface area contributed by atoms with E-state index in [2.05, 4.69) is 73.7 Å². The molecule has 57 heavy (non-hydrogen) atoms. The molecule has 14 nitrogen and oxygen atoms in total. The lowest BCUT2D eigenvalue weighted by molar-refractivity contribution is -0.135. The smallest absolute Gasteiger partial charge is 0.329 e. The Morgan fingerprint density at radius 3 is 2.47 bits per heavy atom. The largest absolute Gasteiger partial charge is 0.371 e. The van der Waals surface area contributed by atoms with Gasteiger partial charge < -0.3 is 20.0 Å². The van der Waals surface area contributed by atoms with Crippen molar-refractivity contribution in [1.82, 2.24) is 34.6 Å². The summed E-state index contributed by atoms with van der Waals surface area (Å²) in [6, 6.07) is 17.9. The van der Waals surface area contributed by atoms with E-state index in [9.17, 15) is 19.2 Å². The first-order valence-corrected chi connectivity index (χ1v) is 20.5. The Hall–Kier alpha value is -5.80. The van der Waals surface area contributed by atoms with Crippen molar-refractivity contribution in [1.29, 1.82) is 0 Å². The highest BCUT2D eigenvalue weighted by atomic mass is 32.1. The quantitative estimate of drug-likeness (QED) is 0.239. The fourth-order valence-electron chi connectivity index (χ4n) is 9.22. The van der Waals surface area contributed by atoms with Crippen LogP contribution in [0.15, 0.2) is 65.6 Å².